The topological polar surface area (TPSA) is 35.6 Å². The maximum atomic E-state index is 5.35. The Morgan fingerprint density at radius 1 is 0.242 bits per heavy atom. The fourth-order valence-corrected chi connectivity index (χ4v) is 9.19. The average molecular weight is 791 g/mol. The Kier molecular flexibility index (Phi) is 8.46. The van der Waals surface area contributed by atoms with Crippen molar-refractivity contribution in [3.63, 3.8) is 0 Å². The summed E-state index contributed by atoms with van der Waals surface area (Å²) >= 11 is 0. The molecule has 0 unspecified atom stereocenters. The summed E-state index contributed by atoms with van der Waals surface area (Å²) in [5.41, 5.74) is 16.2. The van der Waals surface area contributed by atoms with Crippen LogP contribution >= 0.6 is 0 Å². The maximum Gasteiger partial charge on any atom is 0.160 e. The lowest BCUT2D eigenvalue weighted by molar-refractivity contribution is 1.15. The number of nitrogens with zero attached hydrogens (tertiary/aromatic N) is 4. The molecule has 0 fully saturated rings. The van der Waals surface area contributed by atoms with E-state index in [-0.39, 0.29) is 0 Å². The molecule has 4 heteroatoms. The molecule has 0 atom stereocenters. The molecule has 62 heavy (non-hydrogen) atoms. The zero-order valence-corrected chi connectivity index (χ0v) is 33.7. The predicted octanol–water partition coefficient (Wildman–Crippen LogP) is 15.0. The van der Waals surface area contributed by atoms with Crippen molar-refractivity contribution in [1.82, 2.24) is 19.1 Å². The molecule has 0 aliphatic heterocycles. The first kappa shape index (κ1) is 35.6. The average Bonchev–Trinajstić information content (AvgIpc) is 3.87. The van der Waals surface area contributed by atoms with E-state index >= 15 is 0 Å². The lowest BCUT2D eigenvalue weighted by atomic mass is 10.00. The Labute approximate surface area is 359 Å². The maximum absolute atomic E-state index is 5.35. The number of aromatic nitrogens is 4. The molecule has 4 nitrogen and oxygen atoms in total. The van der Waals surface area contributed by atoms with Crippen molar-refractivity contribution < 1.29 is 0 Å². The third kappa shape index (κ3) is 6.08. The van der Waals surface area contributed by atoms with Gasteiger partial charge in [-0.2, -0.15) is 0 Å². The Balaban J connectivity index is 1.07. The number of benzene rings is 9. The fraction of sp³-hybridized carbons (Fsp3) is 0. The highest BCUT2D eigenvalue weighted by atomic mass is 15.0. The summed E-state index contributed by atoms with van der Waals surface area (Å²) in [5.74, 6) is 0.668. The zero-order chi connectivity index (χ0) is 41.0. The summed E-state index contributed by atoms with van der Waals surface area (Å²) in [7, 11) is 0. The summed E-state index contributed by atoms with van der Waals surface area (Å²) in [4.78, 5) is 10.7. The summed E-state index contributed by atoms with van der Waals surface area (Å²) in [5, 5.41) is 4.89. The third-order valence-corrected chi connectivity index (χ3v) is 12.1. The van der Waals surface area contributed by atoms with Crippen LogP contribution in [-0.4, -0.2) is 19.1 Å². The predicted molar refractivity (Wildman–Crippen MR) is 258 cm³/mol. The molecule has 12 rings (SSSR count). The van der Waals surface area contributed by atoms with Crippen LogP contribution in [0.1, 0.15) is 0 Å². The highest BCUT2D eigenvalue weighted by molar-refractivity contribution is 6.12. The van der Waals surface area contributed by atoms with Gasteiger partial charge in [0.15, 0.2) is 5.82 Å². The smallest absolute Gasteiger partial charge is 0.160 e. The van der Waals surface area contributed by atoms with Crippen LogP contribution in [0.3, 0.4) is 0 Å². The molecule has 12 aromatic rings. The molecule has 0 amide bonds. The molecule has 0 bridgehead atoms. The minimum atomic E-state index is 0.668. The number of para-hydroxylation sites is 3. The molecule has 3 heterocycles. The van der Waals surface area contributed by atoms with E-state index < -0.39 is 0 Å². The van der Waals surface area contributed by atoms with Crippen molar-refractivity contribution in [2.75, 3.05) is 0 Å². The van der Waals surface area contributed by atoms with E-state index in [1.165, 1.54) is 43.7 Å². The first-order valence-corrected chi connectivity index (χ1v) is 21.1. The SMILES string of the molecule is c1ccc(-c2ccc(-c3cc(-c4ccccc4)nc(-c4cc(-c5ccccc5)cc(-n5c6ccccc6c6cc(-n7c8ccccc8c8ccccc87)ccc65)c4)n3)cc2)cc1. The van der Waals surface area contributed by atoms with Crippen LogP contribution in [0.2, 0.25) is 0 Å². The molecule has 0 spiro atoms. The van der Waals surface area contributed by atoms with Gasteiger partial charge in [-0.25, -0.2) is 9.97 Å². The second kappa shape index (κ2) is 14.7. The van der Waals surface area contributed by atoms with Crippen LogP contribution in [0.15, 0.2) is 231 Å². The van der Waals surface area contributed by atoms with E-state index in [9.17, 15) is 0 Å². The standard InChI is InChI=1S/C58H38N4/c1-4-16-39(17-5-1)41-28-30-43(31-29-41)53-38-52(42-20-8-3-9-21-42)59-58(60-53)45-34-44(40-18-6-2-7-19-40)35-47(36-45)62-56-27-15-12-24-50(56)51-37-46(32-33-57(51)62)61-54-25-13-10-22-48(54)49-23-11-14-26-55(49)61/h1-38H. The fourth-order valence-electron chi connectivity index (χ4n) is 9.19. The highest BCUT2D eigenvalue weighted by Gasteiger charge is 2.19. The van der Waals surface area contributed by atoms with Crippen molar-refractivity contribution in [2.45, 2.75) is 0 Å². The molecule has 0 radical (unpaired) electrons. The zero-order valence-electron chi connectivity index (χ0n) is 33.7. The van der Waals surface area contributed by atoms with Crippen molar-refractivity contribution in [1.29, 1.82) is 0 Å². The summed E-state index contributed by atoms with van der Waals surface area (Å²) < 4.78 is 4.80. The molecule has 9 aromatic carbocycles. The highest BCUT2D eigenvalue weighted by Crippen LogP contribution is 2.39. The summed E-state index contributed by atoms with van der Waals surface area (Å²) in [6.45, 7) is 0. The molecular weight excluding hydrogens is 753 g/mol. The van der Waals surface area contributed by atoms with E-state index in [2.05, 4.69) is 234 Å². The molecule has 0 aliphatic rings. The number of hydrogen-bond acceptors (Lipinski definition) is 2. The second-order valence-electron chi connectivity index (χ2n) is 15.8. The quantitative estimate of drug-likeness (QED) is 0.161. The van der Waals surface area contributed by atoms with Crippen LogP contribution < -0.4 is 0 Å². The van der Waals surface area contributed by atoms with Gasteiger partial charge in [0.2, 0.25) is 0 Å². The Morgan fingerprint density at radius 2 is 0.645 bits per heavy atom. The lowest BCUT2D eigenvalue weighted by Gasteiger charge is -2.15. The minimum Gasteiger partial charge on any atom is -0.309 e. The molecule has 0 aliphatic carbocycles. The van der Waals surface area contributed by atoms with Crippen LogP contribution in [0.25, 0.3) is 111 Å². The van der Waals surface area contributed by atoms with Crippen LogP contribution in [0.5, 0.6) is 0 Å². The van der Waals surface area contributed by atoms with Crippen LogP contribution in [-0.2, 0) is 0 Å². The summed E-state index contributed by atoms with van der Waals surface area (Å²) in [6.07, 6.45) is 0. The monoisotopic (exact) mass is 790 g/mol. The Hall–Kier alpha value is -8.34. The molecule has 3 aromatic heterocycles. The number of hydrogen-bond donors (Lipinski definition) is 0. The molecule has 290 valence electrons. The molecular formula is C58H38N4. The van der Waals surface area contributed by atoms with Crippen molar-refractivity contribution in [3.05, 3.63) is 231 Å². The lowest BCUT2D eigenvalue weighted by Crippen LogP contribution is -1.99. The van der Waals surface area contributed by atoms with E-state index in [1.807, 2.05) is 6.07 Å². The van der Waals surface area contributed by atoms with Crippen molar-refractivity contribution in [3.8, 4) is 67.5 Å². The van der Waals surface area contributed by atoms with Crippen LogP contribution in [0.4, 0.5) is 0 Å². The van der Waals surface area contributed by atoms with Gasteiger partial charge in [-0.15, -0.1) is 0 Å². The van der Waals surface area contributed by atoms with E-state index in [0.29, 0.717) is 5.82 Å². The Bertz CT molecular complexity index is 3550. The Morgan fingerprint density at radius 3 is 1.23 bits per heavy atom. The molecule has 0 saturated heterocycles. The van der Waals surface area contributed by atoms with Gasteiger partial charge in [-0.05, 0) is 82.9 Å². The van der Waals surface area contributed by atoms with Crippen molar-refractivity contribution >= 4 is 43.6 Å². The third-order valence-electron chi connectivity index (χ3n) is 12.1. The van der Waals surface area contributed by atoms with Crippen LogP contribution in [0, 0.1) is 0 Å². The van der Waals surface area contributed by atoms with Gasteiger partial charge in [-0.3, -0.25) is 0 Å². The first-order chi connectivity index (χ1) is 30.7. The summed E-state index contributed by atoms with van der Waals surface area (Å²) in [6, 6.07) is 82.2. The van der Waals surface area contributed by atoms with E-state index in [0.717, 1.165) is 61.6 Å². The normalized spacial score (nSPS) is 11.5. The number of rotatable bonds is 7. The van der Waals surface area contributed by atoms with Gasteiger partial charge in [0.05, 0.1) is 33.5 Å². The largest absolute Gasteiger partial charge is 0.309 e. The molecule has 0 saturated carbocycles. The van der Waals surface area contributed by atoms with E-state index in [1.54, 1.807) is 0 Å². The van der Waals surface area contributed by atoms with E-state index in [4.69, 9.17) is 9.97 Å². The molecule has 0 N–H and O–H groups in total. The van der Waals surface area contributed by atoms with Gasteiger partial charge in [0, 0.05) is 49.6 Å². The number of fused-ring (bicyclic) bond motifs is 6. The van der Waals surface area contributed by atoms with Gasteiger partial charge < -0.3 is 9.13 Å². The van der Waals surface area contributed by atoms with Gasteiger partial charge in [-0.1, -0.05) is 170 Å². The van der Waals surface area contributed by atoms with Crippen molar-refractivity contribution in [2.24, 2.45) is 0 Å². The minimum absolute atomic E-state index is 0.668. The first-order valence-electron chi connectivity index (χ1n) is 21.1. The van der Waals surface area contributed by atoms with Gasteiger partial charge in [0.1, 0.15) is 0 Å². The van der Waals surface area contributed by atoms with Gasteiger partial charge >= 0.3 is 0 Å². The second-order valence-corrected chi connectivity index (χ2v) is 15.8. The van der Waals surface area contributed by atoms with Gasteiger partial charge in [0.25, 0.3) is 0 Å².